The minimum atomic E-state index is -4.58. The number of anilines is 2. The van der Waals surface area contributed by atoms with E-state index in [9.17, 15) is 23.1 Å². The molecule has 6 nitrogen and oxygen atoms in total. The summed E-state index contributed by atoms with van der Waals surface area (Å²) < 4.78 is 44.0. The van der Waals surface area contributed by atoms with Crippen molar-refractivity contribution in [2.45, 2.75) is 24.9 Å². The van der Waals surface area contributed by atoms with Crippen molar-refractivity contribution in [2.24, 2.45) is 0 Å². The average molecular weight is 453 g/mol. The maximum atomic E-state index is 13.0. The van der Waals surface area contributed by atoms with Crippen LogP contribution in [0.4, 0.5) is 24.7 Å². The topological polar surface area (TPSA) is 95.2 Å². The Morgan fingerprint density at radius 3 is 2.55 bits per heavy atom. The van der Waals surface area contributed by atoms with Gasteiger partial charge in [0.15, 0.2) is 12.4 Å². The Morgan fingerprint density at radius 2 is 1.94 bits per heavy atom. The van der Waals surface area contributed by atoms with Crippen molar-refractivity contribution in [3.05, 3.63) is 71.4 Å². The molecule has 0 spiro atoms. The number of aromatic nitrogens is 1. The van der Waals surface area contributed by atoms with Gasteiger partial charge in [-0.25, -0.2) is 9.78 Å². The number of hydrogen-bond donors (Lipinski definition) is 2. The van der Waals surface area contributed by atoms with E-state index >= 15 is 0 Å². The molecule has 1 saturated carbocycles. The van der Waals surface area contributed by atoms with Gasteiger partial charge in [0.1, 0.15) is 11.4 Å². The average Bonchev–Trinajstić information content (AvgIpc) is 3.63. The summed E-state index contributed by atoms with van der Waals surface area (Å²) in [5.41, 5.74) is 2.15. The highest BCUT2D eigenvalue weighted by Gasteiger charge is 2.30. The Hall–Kier alpha value is -4.06. The van der Waals surface area contributed by atoms with E-state index < -0.39 is 18.8 Å². The van der Waals surface area contributed by atoms with Gasteiger partial charge in [-0.2, -0.15) is 18.4 Å². The number of para-hydroxylation sites is 1. The fourth-order valence-corrected chi connectivity index (χ4v) is 3.41. The van der Waals surface area contributed by atoms with E-state index in [1.54, 1.807) is 42.6 Å². The van der Waals surface area contributed by atoms with Crippen LogP contribution in [0, 0.1) is 11.3 Å². The van der Waals surface area contributed by atoms with Crippen molar-refractivity contribution < 1.29 is 27.8 Å². The Labute approximate surface area is 187 Å². The van der Waals surface area contributed by atoms with Crippen LogP contribution in [-0.2, 0) is 0 Å². The fraction of sp³-hybridized carbons (Fsp3) is 0.208. The summed E-state index contributed by atoms with van der Waals surface area (Å²) >= 11 is 0. The molecule has 1 aliphatic carbocycles. The number of halogens is 3. The highest BCUT2D eigenvalue weighted by atomic mass is 19.4. The molecule has 0 bridgehead atoms. The lowest BCUT2D eigenvalue weighted by Crippen LogP contribution is -2.20. The highest BCUT2D eigenvalue weighted by molar-refractivity contribution is 5.95. The summed E-state index contributed by atoms with van der Waals surface area (Å²) in [4.78, 5) is 16.0. The summed E-state index contributed by atoms with van der Waals surface area (Å²) in [6, 6.07) is 14.5. The number of alkyl halides is 3. The molecule has 2 aromatic carbocycles. The van der Waals surface area contributed by atoms with Crippen LogP contribution in [0.3, 0.4) is 0 Å². The van der Waals surface area contributed by atoms with Crippen molar-refractivity contribution in [2.75, 3.05) is 11.9 Å². The minimum absolute atomic E-state index is 0.000683. The second kappa shape index (κ2) is 8.82. The second-order valence-electron chi connectivity index (χ2n) is 7.64. The number of nitrogens with one attached hydrogen (secondary N) is 1. The maximum absolute atomic E-state index is 13.0. The van der Waals surface area contributed by atoms with E-state index in [-0.39, 0.29) is 28.7 Å². The van der Waals surface area contributed by atoms with Crippen molar-refractivity contribution in [1.29, 1.82) is 5.26 Å². The van der Waals surface area contributed by atoms with E-state index in [1.165, 1.54) is 12.1 Å². The molecule has 2 N–H and O–H groups in total. The van der Waals surface area contributed by atoms with Crippen molar-refractivity contribution >= 4 is 17.5 Å². The van der Waals surface area contributed by atoms with Gasteiger partial charge in [-0.3, -0.25) is 0 Å². The molecule has 9 heteroatoms. The first kappa shape index (κ1) is 22.1. The van der Waals surface area contributed by atoms with Crippen LogP contribution < -0.4 is 10.1 Å². The van der Waals surface area contributed by atoms with Crippen LogP contribution in [0.5, 0.6) is 5.75 Å². The molecule has 33 heavy (non-hydrogen) atoms. The molecule has 4 rings (SSSR count). The Morgan fingerprint density at radius 1 is 1.21 bits per heavy atom. The van der Waals surface area contributed by atoms with Gasteiger partial charge in [-0.1, -0.05) is 24.3 Å². The SMILES string of the molecule is N#Cc1ccc(-c2cccc(Nc3ncc(C4CC4)cc3C(=O)O)c2OCC(F)(F)F)cc1. The van der Waals surface area contributed by atoms with Gasteiger partial charge >= 0.3 is 12.1 Å². The normalized spacial score (nSPS) is 13.3. The Kier molecular flexibility index (Phi) is 5.92. The number of carbonyl (C=O) groups is 1. The fourth-order valence-electron chi connectivity index (χ4n) is 3.41. The molecule has 0 atom stereocenters. The molecule has 1 aromatic heterocycles. The Bertz CT molecular complexity index is 1230. The molecule has 0 amide bonds. The number of benzene rings is 2. The molecule has 1 fully saturated rings. The van der Waals surface area contributed by atoms with Crippen LogP contribution >= 0.6 is 0 Å². The first-order chi connectivity index (χ1) is 15.7. The van der Waals surface area contributed by atoms with Crippen LogP contribution in [0.1, 0.15) is 40.2 Å². The monoisotopic (exact) mass is 453 g/mol. The van der Waals surface area contributed by atoms with Gasteiger partial charge in [0.2, 0.25) is 0 Å². The van der Waals surface area contributed by atoms with E-state index in [0.717, 1.165) is 18.4 Å². The lowest BCUT2D eigenvalue weighted by molar-refractivity contribution is -0.153. The highest BCUT2D eigenvalue weighted by Crippen LogP contribution is 2.42. The predicted octanol–water partition coefficient (Wildman–Crippen LogP) is 5.88. The molecule has 0 saturated heterocycles. The summed E-state index contributed by atoms with van der Waals surface area (Å²) in [5, 5.41) is 21.5. The molecule has 1 aliphatic rings. The third-order valence-electron chi connectivity index (χ3n) is 5.16. The molecule has 3 aromatic rings. The van der Waals surface area contributed by atoms with Crippen molar-refractivity contribution in [3.8, 4) is 22.9 Å². The summed E-state index contributed by atoms with van der Waals surface area (Å²) in [6.07, 6.45) is -1.07. The molecule has 168 valence electrons. The molecule has 0 unspecified atom stereocenters. The molecular weight excluding hydrogens is 435 g/mol. The van der Waals surface area contributed by atoms with Crippen LogP contribution in [0.15, 0.2) is 54.7 Å². The largest absolute Gasteiger partial charge is 0.481 e. The number of pyridine rings is 1. The van der Waals surface area contributed by atoms with Crippen molar-refractivity contribution in [1.82, 2.24) is 4.98 Å². The van der Waals surface area contributed by atoms with E-state index in [2.05, 4.69) is 10.3 Å². The molecule has 0 aliphatic heterocycles. The van der Waals surface area contributed by atoms with Gasteiger partial charge < -0.3 is 15.2 Å². The third-order valence-corrected chi connectivity index (χ3v) is 5.16. The molecule has 0 radical (unpaired) electrons. The van der Waals surface area contributed by atoms with Crippen LogP contribution in [0.25, 0.3) is 11.1 Å². The van der Waals surface area contributed by atoms with E-state index in [4.69, 9.17) is 10.00 Å². The van der Waals surface area contributed by atoms with Crippen molar-refractivity contribution in [3.63, 3.8) is 0 Å². The van der Waals surface area contributed by atoms with Crippen LogP contribution in [0.2, 0.25) is 0 Å². The molecular formula is C24H18F3N3O3. The van der Waals surface area contributed by atoms with Gasteiger partial charge in [0, 0.05) is 11.8 Å². The number of ether oxygens (including phenoxy) is 1. The first-order valence-electron chi connectivity index (χ1n) is 10.1. The summed E-state index contributed by atoms with van der Waals surface area (Å²) in [6.45, 7) is -1.53. The number of hydrogen-bond acceptors (Lipinski definition) is 5. The number of nitrogens with zero attached hydrogens (tertiary/aromatic N) is 2. The minimum Gasteiger partial charge on any atom is -0.481 e. The maximum Gasteiger partial charge on any atom is 0.422 e. The zero-order chi connectivity index (χ0) is 23.6. The van der Waals surface area contributed by atoms with E-state index in [1.807, 2.05) is 6.07 Å². The van der Waals surface area contributed by atoms with Gasteiger partial charge in [0.25, 0.3) is 0 Å². The molecule has 1 heterocycles. The smallest absolute Gasteiger partial charge is 0.422 e. The number of rotatable bonds is 7. The summed E-state index contributed by atoms with van der Waals surface area (Å²) in [7, 11) is 0. The number of aromatic carboxylic acids is 1. The van der Waals surface area contributed by atoms with E-state index in [0.29, 0.717) is 16.7 Å². The number of carboxylic acids is 1. The zero-order valence-electron chi connectivity index (χ0n) is 17.2. The van der Waals surface area contributed by atoms with Gasteiger partial charge in [-0.05, 0) is 54.2 Å². The zero-order valence-corrected chi connectivity index (χ0v) is 17.2. The quantitative estimate of drug-likeness (QED) is 0.464. The second-order valence-corrected chi connectivity index (χ2v) is 7.64. The third kappa shape index (κ3) is 5.23. The number of nitriles is 1. The first-order valence-corrected chi connectivity index (χ1v) is 10.1. The Balaban J connectivity index is 1.76. The lowest BCUT2D eigenvalue weighted by atomic mass is 10.0. The lowest BCUT2D eigenvalue weighted by Gasteiger charge is -2.19. The standard InChI is InChI=1S/C24H18F3N3O3/c25-24(26,27)13-33-21-18(16-6-4-14(11-28)5-7-16)2-1-3-20(21)30-22-19(23(31)32)10-17(12-29-22)15-8-9-15/h1-7,10,12,15H,8-9,13H2,(H,29,30)(H,31,32). The number of carboxylic acid groups (broad SMARTS) is 1. The predicted molar refractivity (Wildman–Crippen MR) is 115 cm³/mol. The van der Waals surface area contributed by atoms with Crippen LogP contribution in [-0.4, -0.2) is 28.8 Å². The van der Waals surface area contributed by atoms with Gasteiger partial charge in [0.05, 0.1) is 17.3 Å². The van der Waals surface area contributed by atoms with Gasteiger partial charge in [-0.15, -0.1) is 0 Å². The summed E-state index contributed by atoms with van der Waals surface area (Å²) in [5.74, 6) is -1.02.